The number of hydrogen-bond acceptors (Lipinski definition) is 3. The van der Waals surface area contributed by atoms with Crippen LogP contribution in [-0.4, -0.2) is 74.7 Å². The van der Waals surface area contributed by atoms with E-state index in [9.17, 15) is 4.39 Å². The highest BCUT2D eigenvalue weighted by atomic mass is 19.1. The number of benzene rings is 1. The summed E-state index contributed by atoms with van der Waals surface area (Å²) in [4.78, 5) is 9.72. The standard InChI is InChI=1S/C21H36FN5/c1-3-23-21(25-13-11-19-9-5-6-10-20(19)22)24-12-7-8-14-27-17-15-26(4-2)16-18-27/h5-6,9-10H,3-4,7-8,11-18H2,1-2H3,(H2,23,24,25). The van der Waals surface area contributed by atoms with Gasteiger partial charge in [-0.2, -0.15) is 0 Å². The fraction of sp³-hybridized carbons (Fsp3) is 0.667. The highest BCUT2D eigenvalue weighted by molar-refractivity contribution is 5.79. The van der Waals surface area contributed by atoms with Crippen molar-refractivity contribution in [2.45, 2.75) is 33.1 Å². The average molecular weight is 378 g/mol. The number of hydrogen-bond donors (Lipinski definition) is 2. The molecule has 2 rings (SSSR count). The molecule has 1 aliphatic rings. The number of nitrogens with zero attached hydrogens (tertiary/aromatic N) is 3. The van der Waals surface area contributed by atoms with E-state index in [4.69, 9.17) is 0 Å². The van der Waals surface area contributed by atoms with Gasteiger partial charge in [-0.15, -0.1) is 0 Å². The van der Waals surface area contributed by atoms with E-state index >= 15 is 0 Å². The van der Waals surface area contributed by atoms with E-state index in [1.165, 1.54) is 51.8 Å². The minimum absolute atomic E-state index is 0.138. The zero-order valence-electron chi connectivity index (χ0n) is 17.0. The number of halogens is 1. The Kier molecular flexibility index (Phi) is 10.2. The number of piperazine rings is 1. The zero-order valence-corrected chi connectivity index (χ0v) is 17.0. The SMILES string of the molecule is CCNC(=NCCCCN1CCN(CC)CC1)NCCc1ccccc1F. The number of likely N-dealkylation sites (N-methyl/N-ethyl adjacent to an activating group) is 1. The van der Waals surface area contributed by atoms with Crippen molar-refractivity contribution in [1.29, 1.82) is 0 Å². The smallest absolute Gasteiger partial charge is 0.191 e. The van der Waals surface area contributed by atoms with Crippen LogP contribution in [0.15, 0.2) is 29.3 Å². The topological polar surface area (TPSA) is 42.9 Å². The molecule has 6 heteroatoms. The van der Waals surface area contributed by atoms with Crippen LogP contribution in [0, 0.1) is 5.82 Å². The molecule has 0 amide bonds. The molecule has 1 saturated heterocycles. The number of rotatable bonds is 10. The van der Waals surface area contributed by atoms with E-state index < -0.39 is 0 Å². The lowest BCUT2D eigenvalue weighted by molar-refractivity contribution is 0.136. The van der Waals surface area contributed by atoms with Crippen LogP contribution in [0.1, 0.15) is 32.3 Å². The lowest BCUT2D eigenvalue weighted by Gasteiger charge is -2.33. The molecule has 0 aliphatic carbocycles. The lowest BCUT2D eigenvalue weighted by Crippen LogP contribution is -2.46. The molecule has 0 aromatic heterocycles. The van der Waals surface area contributed by atoms with Gasteiger partial charge in [0.1, 0.15) is 5.82 Å². The summed E-state index contributed by atoms with van der Waals surface area (Å²) < 4.78 is 13.7. The van der Waals surface area contributed by atoms with Crippen molar-refractivity contribution in [3.8, 4) is 0 Å². The molecule has 1 aliphatic heterocycles. The largest absolute Gasteiger partial charge is 0.357 e. The van der Waals surface area contributed by atoms with Gasteiger partial charge in [-0.1, -0.05) is 25.1 Å². The van der Waals surface area contributed by atoms with Crippen LogP contribution in [-0.2, 0) is 6.42 Å². The first-order valence-corrected chi connectivity index (χ1v) is 10.4. The fourth-order valence-electron chi connectivity index (χ4n) is 3.33. The summed E-state index contributed by atoms with van der Waals surface area (Å²) in [6.07, 6.45) is 2.93. The fourth-order valence-corrected chi connectivity index (χ4v) is 3.33. The van der Waals surface area contributed by atoms with Gasteiger partial charge in [-0.3, -0.25) is 4.99 Å². The van der Waals surface area contributed by atoms with Gasteiger partial charge in [0, 0.05) is 45.8 Å². The highest BCUT2D eigenvalue weighted by Crippen LogP contribution is 2.06. The molecular formula is C21H36FN5. The van der Waals surface area contributed by atoms with Crippen LogP contribution in [0.25, 0.3) is 0 Å². The van der Waals surface area contributed by atoms with E-state index in [-0.39, 0.29) is 5.82 Å². The minimum atomic E-state index is -0.138. The Bertz CT molecular complexity index is 555. The van der Waals surface area contributed by atoms with Gasteiger partial charge in [-0.25, -0.2) is 4.39 Å². The van der Waals surface area contributed by atoms with Crippen LogP contribution >= 0.6 is 0 Å². The third-order valence-corrected chi connectivity index (χ3v) is 5.05. The molecule has 1 heterocycles. The molecular weight excluding hydrogens is 341 g/mol. The average Bonchev–Trinajstić information content (AvgIpc) is 2.69. The molecule has 1 fully saturated rings. The Balaban J connectivity index is 1.62. The first kappa shape index (κ1) is 21.6. The van der Waals surface area contributed by atoms with Gasteiger partial charge in [0.2, 0.25) is 0 Å². The second-order valence-corrected chi connectivity index (χ2v) is 7.01. The summed E-state index contributed by atoms with van der Waals surface area (Å²) >= 11 is 0. The zero-order chi connectivity index (χ0) is 19.3. The Hall–Kier alpha value is -1.66. The van der Waals surface area contributed by atoms with E-state index in [1.807, 2.05) is 12.1 Å². The van der Waals surface area contributed by atoms with Crippen LogP contribution in [0.5, 0.6) is 0 Å². The molecule has 0 atom stereocenters. The van der Waals surface area contributed by atoms with E-state index in [0.29, 0.717) is 13.0 Å². The molecule has 27 heavy (non-hydrogen) atoms. The van der Waals surface area contributed by atoms with Crippen LogP contribution in [0.3, 0.4) is 0 Å². The number of unbranched alkanes of at least 4 members (excludes halogenated alkanes) is 1. The predicted molar refractivity (Wildman–Crippen MR) is 112 cm³/mol. The van der Waals surface area contributed by atoms with Crippen molar-refractivity contribution in [2.75, 3.05) is 58.9 Å². The van der Waals surface area contributed by atoms with Crippen molar-refractivity contribution in [2.24, 2.45) is 4.99 Å². The van der Waals surface area contributed by atoms with Crippen LogP contribution in [0.4, 0.5) is 4.39 Å². The van der Waals surface area contributed by atoms with Gasteiger partial charge in [0.15, 0.2) is 5.96 Å². The monoisotopic (exact) mass is 377 g/mol. The summed E-state index contributed by atoms with van der Waals surface area (Å²) in [5.41, 5.74) is 0.740. The number of guanidine groups is 1. The Morgan fingerprint density at radius 2 is 1.78 bits per heavy atom. The second-order valence-electron chi connectivity index (χ2n) is 7.01. The van der Waals surface area contributed by atoms with Crippen molar-refractivity contribution in [1.82, 2.24) is 20.4 Å². The van der Waals surface area contributed by atoms with Gasteiger partial charge < -0.3 is 20.4 Å². The molecule has 0 spiro atoms. The van der Waals surface area contributed by atoms with Gasteiger partial charge >= 0.3 is 0 Å². The first-order valence-electron chi connectivity index (χ1n) is 10.4. The van der Waals surface area contributed by atoms with Gasteiger partial charge in [-0.05, 0) is 50.9 Å². The maximum Gasteiger partial charge on any atom is 0.191 e. The quantitative estimate of drug-likeness (QED) is 0.373. The molecule has 0 unspecified atom stereocenters. The van der Waals surface area contributed by atoms with Crippen LogP contribution in [0.2, 0.25) is 0 Å². The molecule has 5 nitrogen and oxygen atoms in total. The molecule has 1 aromatic rings. The summed E-state index contributed by atoms with van der Waals surface area (Å²) in [6, 6.07) is 6.94. The maximum absolute atomic E-state index is 13.7. The minimum Gasteiger partial charge on any atom is -0.357 e. The number of aliphatic imine (C=N–C) groups is 1. The molecule has 0 saturated carbocycles. The van der Waals surface area contributed by atoms with Crippen molar-refractivity contribution < 1.29 is 4.39 Å². The summed E-state index contributed by atoms with van der Waals surface area (Å²) in [6.45, 7) is 13.7. The summed E-state index contributed by atoms with van der Waals surface area (Å²) in [5, 5.41) is 6.57. The predicted octanol–water partition coefficient (Wildman–Crippen LogP) is 2.34. The molecule has 0 bridgehead atoms. The molecule has 152 valence electrons. The summed E-state index contributed by atoms with van der Waals surface area (Å²) in [5.74, 6) is 0.686. The van der Waals surface area contributed by atoms with Crippen LogP contribution < -0.4 is 10.6 Å². The van der Waals surface area contributed by atoms with Crippen molar-refractivity contribution >= 4 is 5.96 Å². The highest BCUT2D eigenvalue weighted by Gasteiger charge is 2.14. The molecule has 0 radical (unpaired) electrons. The van der Waals surface area contributed by atoms with E-state index in [1.54, 1.807) is 6.07 Å². The van der Waals surface area contributed by atoms with Gasteiger partial charge in [0.05, 0.1) is 0 Å². The Morgan fingerprint density at radius 3 is 2.48 bits per heavy atom. The Morgan fingerprint density at radius 1 is 1.04 bits per heavy atom. The van der Waals surface area contributed by atoms with Crippen molar-refractivity contribution in [3.05, 3.63) is 35.6 Å². The Labute approximate surface area is 164 Å². The third-order valence-electron chi connectivity index (χ3n) is 5.05. The maximum atomic E-state index is 13.7. The van der Waals surface area contributed by atoms with Crippen molar-refractivity contribution in [3.63, 3.8) is 0 Å². The second kappa shape index (κ2) is 12.7. The number of nitrogens with one attached hydrogen (secondary N) is 2. The van der Waals surface area contributed by atoms with E-state index in [2.05, 4.69) is 39.3 Å². The molecule has 1 aromatic carbocycles. The normalized spacial score (nSPS) is 16.5. The molecule has 2 N–H and O–H groups in total. The third kappa shape index (κ3) is 8.26. The lowest BCUT2D eigenvalue weighted by atomic mass is 10.1. The van der Waals surface area contributed by atoms with E-state index in [0.717, 1.165) is 31.0 Å². The van der Waals surface area contributed by atoms with Gasteiger partial charge in [0.25, 0.3) is 0 Å². The summed E-state index contributed by atoms with van der Waals surface area (Å²) in [7, 11) is 0. The first-order chi connectivity index (χ1) is 13.2.